The van der Waals surface area contributed by atoms with E-state index < -0.39 is 17.9 Å². The molecule has 0 radical (unpaired) electrons. The summed E-state index contributed by atoms with van der Waals surface area (Å²) in [7, 11) is 0. The Kier molecular flexibility index (Phi) is 24.1. The molecule has 172 valence electrons. The summed E-state index contributed by atoms with van der Waals surface area (Å²) in [6.07, 6.45) is 8.14. The Bertz CT molecular complexity index is 396. The van der Waals surface area contributed by atoms with Gasteiger partial charge in [0.2, 0.25) is 0 Å². The highest BCUT2D eigenvalue weighted by Gasteiger charge is 2.29. The summed E-state index contributed by atoms with van der Waals surface area (Å²) in [4.78, 5) is 39.8. The van der Waals surface area contributed by atoms with Gasteiger partial charge in [-0.3, -0.25) is 19.2 Å². The Hall–Kier alpha value is -2.12. The lowest BCUT2D eigenvalue weighted by molar-refractivity contribution is -0.148. The number of carbonyl (C=O) groups is 4. The minimum absolute atomic E-state index is 0.233. The van der Waals surface area contributed by atoms with Crippen molar-refractivity contribution in [2.24, 2.45) is 11.8 Å². The highest BCUT2D eigenvalue weighted by molar-refractivity contribution is 5.72. The van der Waals surface area contributed by atoms with Gasteiger partial charge in [-0.15, -0.1) is 0 Å². The first-order chi connectivity index (χ1) is 13.8. The van der Waals surface area contributed by atoms with E-state index in [0.29, 0.717) is 32.2 Å². The van der Waals surface area contributed by atoms with E-state index in [1.807, 2.05) is 27.7 Å². The number of hydrogen-bond acceptors (Lipinski definition) is 5. The second-order valence-electron chi connectivity index (χ2n) is 6.24. The van der Waals surface area contributed by atoms with E-state index in [9.17, 15) is 14.4 Å². The molecular weight excluding hydrogens is 380 g/mol. The van der Waals surface area contributed by atoms with Crippen molar-refractivity contribution in [3.63, 3.8) is 0 Å². The normalized spacial score (nSPS) is 20.2. The zero-order valence-corrected chi connectivity index (χ0v) is 18.6. The van der Waals surface area contributed by atoms with Crippen molar-refractivity contribution in [1.82, 2.24) is 0 Å². The molecule has 0 aromatic heterocycles. The average Bonchev–Trinajstić information content (AvgIpc) is 2.72. The third kappa shape index (κ3) is 20.4. The molecule has 2 saturated carbocycles. The highest BCUT2D eigenvalue weighted by atomic mass is 16.5. The largest absolute Gasteiger partial charge is 0.481 e. The molecule has 0 heterocycles. The molecule has 29 heavy (non-hydrogen) atoms. The minimum atomic E-state index is -0.833. The molecule has 0 bridgehead atoms. The van der Waals surface area contributed by atoms with Gasteiger partial charge in [-0.2, -0.15) is 0 Å². The SMILES string of the molecule is CC.CC.CC(=O)O.O=C(O)C1CCC(C(=O)O)CC1.O=COC1CCCCC1. The van der Waals surface area contributed by atoms with E-state index in [0.717, 1.165) is 19.8 Å². The van der Waals surface area contributed by atoms with Gasteiger partial charge in [-0.05, 0) is 51.4 Å². The molecule has 0 aliphatic heterocycles. The van der Waals surface area contributed by atoms with Gasteiger partial charge >= 0.3 is 11.9 Å². The smallest absolute Gasteiger partial charge is 0.306 e. The number of carbonyl (C=O) groups excluding carboxylic acids is 1. The Labute approximate surface area is 174 Å². The van der Waals surface area contributed by atoms with E-state index in [2.05, 4.69) is 0 Å². The summed E-state index contributed by atoms with van der Waals surface area (Å²) in [5, 5.41) is 24.6. The first kappa shape index (κ1) is 31.6. The van der Waals surface area contributed by atoms with Crippen molar-refractivity contribution in [1.29, 1.82) is 0 Å². The van der Waals surface area contributed by atoms with Crippen LogP contribution in [-0.4, -0.2) is 45.8 Å². The topological polar surface area (TPSA) is 138 Å². The van der Waals surface area contributed by atoms with E-state index in [4.69, 9.17) is 24.9 Å². The Morgan fingerprint density at radius 3 is 1.28 bits per heavy atom. The molecule has 0 amide bonds. The van der Waals surface area contributed by atoms with Gasteiger partial charge in [0.25, 0.3) is 12.4 Å². The fraction of sp³-hybridized carbons (Fsp3) is 0.810. The maximum absolute atomic E-state index is 10.5. The summed E-state index contributed by atoms with van der Waals surface area (Å²) in [6, 6.07) is 0. The third-order valence-corrected chi connectivity index (χ3v) is 4.23. The molecular formula is C21H40O8. The second kappa shape index (κ2) is 22.2. The monoisotopic (exact) mass is 420 g/mol. The standard InChI is InChI=1S/C8H12O4.C7H12O2.C2H4O2.2C2H6/c9-7(10)5-1-2-6(4-3-5)8(11)12;8-6-9-7-4-2-1-3-5-7;1-2(3)4;2*1-2/h5-6H,1-4H2,(H,9,10)(H,11,12);6-7H,1-5H2;1H3,(H,3,4);2*1-2H3. The van der Waals surface area contributed by atoms with Crippen LogP contribution in [0.1, 0.15) is 92.4 Å². The molecule has 2 fully saturated rings. The van der Waals surface area contributed by atoms with Crippen LogP contribution in [0.25, 0.3) is 0 Å². The van der Waals surface area contributed by atoms with Crippen LogP contribution in [0, 0.1) is 11.8 Å². The fourth-order valence-corrected chi connectivity index (χ4v) is 2.87. The molecule has 2 aliphatic rings. The first-order valence-electron chi connectivity index (χ1n) is 10.5. The van der Waals surface area contributed by atoms with Crippen LogP contribution in [0.3, 0.4) is 0 Å². The predicted molar refractivity (Wildman–Crippen MR) is 111 cm³/mol. The highest BCUT2D eigenvalue weighted by Crippen LogP contribution is 2.28. The lowest BCUT2D eigenvalue weighted by atomic mass is 9.82. The van der Waals surface area contributed by atoms with Crippen LogP contribution in [0.2, 0.25) is 0 Å². The van der Waals surface area contributed by atoms with Gasteiger partial charge in [0.1, 0.15) is 6.10 Å². The van der Waals surface area contributed by atoms with Crippen molar-refractivity contribution in [3.05, 3.63) is 0 Å². The summed E-state index contributed by atoms with van der Waals surface area (Å²) >= 11 is 0. The molecule has 0 atom stereocenters. The molecule has 2 aliphatic carbocycles. The molecule has 3 N–H and O–H groups in total. The predicted octanol–water partition coefficient (Wildman–Crippen LogP) is 4.60. The van der Waals surface area contributed by atoms with Gasteiger partial charge in [-0.1, -0.05) is 34.1 Å². The molecule has 0 aromatic carbocycles. The lowest BCUT2D eigenvalue weighted by Crippen LogP contribution is -2.25. The van der Waals surface area contributed by atoms with Gasteiger partial charge in [-0.25, -0.2) is 0 Å². The van der Waals surface area contributed by atoms with Crippen molar-refractivity contribution >= 4 is 24.4 Å². The summed E-state index contributed by atoms with van der Waals surface area (Å²) in [5.41, 5.74) is 0. The summed E-state index contributed by atoms with van der Waals surface area (Å²) in [5.74, 6) is -3.06. The fourth-order valence-electron chi connectivity index (χ4n) is 2.87. The Morgan fingerprint density at radius 1 is 0.724 bits per heavy atom. The number of aliphatic carboxylic acids is 3. The summed E-state index contributed by atoms with van der Waals surface area (Å²) < 4.78 is 4.80. The Morgan fingerprint density at radius 2 is 1.03 bits per heavy atom. The van der Waals surface area contributed by atoms with E-state index in [-0.39, 0.29) is 17.9 Å². The van der Waals surface area contributed by atoms with Gasteiger partial charge in [0.05, 0.1) is 11.8 Å². The van der Waals surface area contributed by atoms with Crippen molar-refractivity contribution in [3.8, 4) is 0 Å². The van der Waals surface area contributed by atoms with Crippen molar-refractivity contribution in [2.75, 3.05) is 0 Å². The third-order valence-electron chi connectivity index (χ3n) is 4.23. The zero-order chi connectivity index (χ0) is 23.2. The molecule has 2 rings (SSSR count). The number of carboxylic acid groups (broad SMARTS) is 3. The maximum Gasteiger partial charge on any atom is 0.306 e. The molecule has 0 spiro atoms. The van der Waals surface area contributed by atoms with Gasteiger partial charge < -0.3 is 20.1 Å². The maximum atomic E-state index is 10.5. The number of ether oxygens (including phenoxy) is 1. The van der Waals surface area contributed by atoms with Crippen molar-refractivity contribution < 1.29 is 39.2 Å². The average molecular weight is 421 g/mol. The van der Waals surface area contributed by atoms with Crippen LogP contribution in [-0.2, 0) is 23.9 Å². The molecule has 8 heteroatoms. The summed E-state index contributed by atoms with van der Waals surface area (Å²) in [6.45, 7) is 9.65. The number of hydrogen-bond donors (Lipinski definition) is 3. The van der Waals surface area contributed by atoms with Crippen LogP contribution < -0.4 is 0 Å². The first-order valence-corrected chi connectivity index (χ1v) is 10.5. The van der Waals surface area contributed by atoms with Crippen LogP contribution in [0.15, 0.2) is 0 Å². The van der Waals surface area contributed by atoms with E-state index >= 15 is 0 Å². The Balaban J connectivity index is -0.000000351. The van der Waals surface area contributed by atoms with Crippen LogP contribution >= 0.6 is 0 Å². The minimum Gasteiger partial charge on any atom is -0.481 e. The lowest BCUT2D eigenvalue weighted by Gasteiger charge is -2.22. The van der Waals surface area contributed by atoms with Crippen molar-refractivity contribution in [2.45, 2.75) is 98.5 Å². The second-order valence-corrected chi connectivity index (χ2v) is 6.24. The molecule has 0 unspecified atom stereocenters. The van der Waals surface area contributed by atoms with Gasteiger partial charge in [0, 0.05) is 6.92 Å². The van der Waals surface area contributed by atoms with E-state index in [1.54, 1.807) is 0 Å². The molecule has 8 nitrogen and oxygen atoms in total. The van der Waals surface area contributed by atoms with Gasteiger partial charge in [0.15, 0.2) is 0 Å². The zero-order valence-electron chi connectivity index (χ0n) is 18.6. The quantitative estimate of drug-likeness (QED) is 0.561. The molecule has 0 aromatic rings. The van der Waals surface area contributed by atoms with Crippen LogP contribution in [0.5, 0.6) is 0 Å². The van der Waals surface area contributed by atoms with E-state index in [1.165, 1.54) is 19.3 Å². The number of carboxylic acids is 3. The molecule has 0 saturated heterocycles. The van der Waals surface area contributed by atoms with Crippen LogP contribution in [0.4, 0.5) is 0 Å². The number of rotatable bonds is 4.